The Labute approximate surface area is 328 Å². The van der Waals surface area contributed by atoms with Gasteiger partial charge in [0.25, 0.3) is 0 Å². The van der Waals surface area contributed by atoms with Gasteiger partial charge in [-0.05, 0) is 120 Å². The lowest BCUT2D eigenvalue weighted by Crippen LogP contribution is -2.00. The number of ether oxygens (including phenoxy) is 2. The summed E-state index contributed by atoms with van der Waals surface area (Å²) in [5.74, 6) is 5.96. The van der Waals surface area contributed by atoms with Crippen LogP contribution in [0.15, 0.2) is 109 Å². The van der Waals surface area contributed by atoms with Crippen molar-refractivity contribution in [3.63, 3.8) is 0 Å². The Kier molecular flexibility index (Phi) is 19.7. The van der Waals surface area contributed by atoms with E-state index < -0.39 is 0 Å². The molecule has 0 radical (unpaired) electrons. The van der Waals surface area contributed by atoms with Crippen LogP contribution in [0.3, 0.4) is 0 Å². The first-order valence-corrected chi connectivity index (χ1v) is 21.1. The van der Waals surface area contributed by atoms with Gasteiger partial charge >= 0.3 is 0 Å². The van der Waals surface area contributed by atoms with E-state index in [-0.39, 0.29) is 11.6 Å². The highest BCUT2D eigenvalue weighted by Crippen LogP contribution is 2.18. The van der Waals surface area contributed by atoms with Crippen LogP contribution in [0.5, 0.6) is 11.5 Å². The molecule has 8 heteroatoms. The number of carbonyl (C=O) groups excluding carboxylic acids is 2. The smallest absolute Gasteiger partial charge is 0.185 e. The fraction of sp³-hybridized carbons (Fsp3) is 0.318. The average molecular weight is 776 g/mol. The number of hydrogen-bond acceptors (Lipinski definition) is 6. The van der Waals surface area contributed by atoms with Gasteiger partial charge in [-0.25, -0.2) is 0 Å². The molecule has 4 aromatic carbocycles. The van der Waals surface area contributed by atoms with E-state index in [0.29, 0.717) is 34.4 Å². The van der Waals surface area contributed by atoms with Gasteiger partial charge < -0.3 is 9.47 Å². The van der Waals surface area contributed by atoms with Crippen molar-refractivity contribution in [1.29, 1.82) is 0 Å². The third kappa shape index (κ3) is 16.9. The Morgan fingerprint density at radius 3 is 1.17 bits per heavy atom. The van der Waals surface area contributed by atoms with Gasteiger partial charge in [-0.15, -0.1) is 0 Å². The van der Waals surface area contributed by atoms with Crippen molar-refractivity contribution >= 4 is 70.4 Å². The molecule has 52 heavy (non-hydrogen) atoms. The van der Waals surface area contributed by atoms with Crippen molar-refractivity contribution in [3.05, 3.63) is 142 Å². The lowest BCUT2D eigenvalue weighted by Gasteiger charge is -2.07. The molecule has 0 atom stereocenters. The second-order valence-electron chi connectivity index (χ2n) is 12.3. The normalized spacial score (nSPS) is 11.3. The van der Waals surface area contributed by atoms with E-state index in [9.17, 15) is 9.59 Å². The van der Waals surface area contributed by atoms with E-state index in [1.807, 2.05) is 84.2 Å². The molecule has 0 aliphatic carbocycles. The number of benzene rings is 4. The van der Waals surface area contributed by atoms with E-state index in [1.165, 1.54) is 62.9 Å². The number of halogens is 2. The Morgan fingerprint density at radius 2 is 0.808 bits per heavy atom. The van der Waals surface area contributed by atoms with Crippen molar-refractivity contribution in [2.75, 3.05) is 36.2 Å². The van der Waals surface area contributed by atoms with Gasteiger partial charge in [0.1, 0.15) is 11.5 Å². The average Bonchev–Trinajstić information content (AvgIpc) is 3.17. The summed E-state index contributed by atoms with van der Waals surface area (Å²) in [4.78, 5) is 24.6. The maximum absolute atomic E-state index is 12.3. The number of hydrogen-bond donors (Lipinski definition) is 0. The van der Waals surface area contributed by atoms with Crippen LogP contribution in [0.25, 0.3) is 12.2 Å². The summed E-state index contributed by atoms with van der Waals surface area (Å²) in [7, 11) is 0. The summed E-state index contributed by atoms with van der Waals surface area (Å²) >= 11 is 15.7. The molecule has 0 saturated heterocycles. The molecule has 0 aromatic heterocycles. The second-order valence-corrected chi connectivity index (χ2v) is 15.6. The van der Waals surface area contributed by atoms with Crippen molar-refractivity contribution < 1.29 is 19.1 Å². The van der Waals surface area contributed by atoms with Gasteiger partial charge in [0.05, 0.1) is 13.2 Å². The van der Waals surface area contributed by atoms with Crippen LogP contribution < -0.4 is 9.47 Å². The summed E-state index contributed by atoms with van der Waals surface area (Å²) < 4.78 is 11.8. The largest absolute Gasteiger partial charge is 0.493 e. The number of allylic oxidation sites excluding steroid dienone is 2. The fourth-order valence-corrected chi connectivity index (χ4v) is 7.10. The van der Waals surface area contributed by atoms with Crippen molar-refractivity contribution in [2.45, 2.75) is 51.4 Å². The van der Waals surface area contributed by atoms with Crippen LogP contribution in [0, 0.1) is 0 Å². The van der Waals surface area contributed by atoms with E-state index in [0.717, 1.165) is 34.1 Å². The van der Waals surface area contributed by atoms with E-state index >= 15 is 0 Å². The standard InChI is InChI=1S/C44H48Cl2O4S2/c45-39-19-15-37(16-20-39)43(47)27-13-35-9-23-41(24-10-35)49-29-33-51-31-7-5-3-1-2-4-6-8-32-52-34-30-50-42-25-11-36(12-26-42)14-28-44(48)38-17-21-40(46)22-18-38/h9-28H,1-8,29-34H2/b27-13+,28-14+. The number of rotatable bonds is 25. The SMILES string of the molecule is O=C(/C=C/c1ccc(OCCSCCCCCCCCCCSCCOc2ccc(/C=C/C(=O)c3ccc(Cl)cc3)cc2)cc1)c1ccc(Cl)cc1. The molecular weight excluding hydrogens is 728 g/mol. The minimum Gasteiger partial charge on any atom is -0.493 e. The van der Waals surface area contributed by atoms with Gasteiger partial charge in [-0.2, -0.15) is 23.5 Å². The van der Waals surface area contributed by atoms with Gasteiger partial charge in [0.2, 0.25) is 0 Å². The number of carbonyl (C=O) groups is 2. The van der Waals surface area contributed by atoms with Gasteiger partial charge in [-0.1, -0.05) is 98.1 Å². The summed E-state index contributed by atoms with van der Waals surface area (Å²) in [6, 6.07) is 29.5. The Bertz CT molecular complexity index is 1540. The Hall–Kier alpha value is -3.42. The molecule has 0 N–H and O–H groups in total. The van der Waals surface area contributed by atoms with Crippen LogP contribution >= 0.6 is 46.7 Å². The molecule has 274 valence electrons. The van der Waals surface area contributed by atoms with Crippen molar-refractivity contribution in [1.82, 2.24) is 0 Å². The molecule has 0 fully saturated rings. The predicted molar refractivity (Wildman–Crippen MR) is 225 cm³/mol. The first kappa shape index (κ1) is 41.3. The molecule has 0 aliphatic rings. The maximum Gasteiger partial charge on any atom is 0.185 e. The van der Waals surface area contributed by atoms with Crippen molar-refractivity contribution in [3.8, 4) is 11.5 Å². The highest BCUT2D eigenvalue weighted by atomic mass is 35.5. The van der Waals surface area contributed by atoms with E-state index in [1.54, 1.807) is 60.7 Å². The van der Waals surface area contributed by atoms with Gasteiger partial charge in [0.15, 0.2) is 11.6 Å². The minimum atomic E-state index is -0.0484. The molecule has 0 aliphatic heterocycles. The van der Waals surface area contributed by atoms with Crippen LogP contribution in [-0.2, 0) is 0 Å². The molecule has 0 bridgehead atoms. The zero-order valence-corrected chi connectivity index (χ0v) is 32.8. The summed E-state index contributed by atoms with van der Waals surface area (Å²) in [6.07, 6.45) is 17.3. The van der Waals surface area contributed by atoms with Crippen LogP contribution in [0.1, 0.15) is 83.2 Å². The van der Waals surface area contributed by atoms with Crippen molar-refractivity contribution in [2.24, 2.45) is 0 Å². The van der Waals surface area contributed by atoms with Crippen LogP contribution in [-0.4, -0.2) is 47.8 Å². The topological polar surface area (TPSA) is 52.6 Å². The highest BCUT2D eigenvalue weighted by molar-refractivity contribution is 7.99. The summed E-state index contributed by atoms with van der Waals surface area (Å²) in [5.41, 5.74) is 3.15. The van der Waals surface area contributed by atoms with Gasteiger partial charge in [-0.3, -0.25) is 9.59 Å². The molecule has 0 saturated carbocycles. The van der Waals surface area contributed by atoms with Crippen LogP contribution in [0.2, 0.25) is 10.0 Å². The molecule has 0 heterocycles. The zero-order chi connectivity index (χ0) is 36.6. The number of unbranched alkanes of at least 4 members (excludes halogenated alkanes) is 7. The maximum atomic E-state index is 12.3. The molecule has 4 aromatic rings. The first-order chi connectivity index (χ1) is 25.5. The fourth-order valence-electron chi connectivity index (χ4n) is 5.22. The quantitative estimate of drug-likeness (QED) is 0.0380. The molecule has 0 spiro atoms. The monoisotopic (exact) mass is 774 g/mol. The van der Waals surface area contributed by atoms with Crippen LogP contribution in [0.4, 0.5) is 0 Å². The third-order valence-corrected chi connectivity index (χ3v) is 10.8. The summed E-state index contributed by atoms with van der Waals surface area (Å²) in [5, 5.41) is 1.24. The highest BCUT2D eigenvalue weighted by Gasteiger charge is 2.03. The molecule has 4 nitrogen and oxygen atoms in total. The lowest BCUT2D eigenvalue weighted by atomic mass is 10.1. The Morgan fingerprint density at radius 1 is 0.462 bits per heavy atom. The first-order valence-electron chi connectivity index (χ1n) is 18.0. The van der Waals surface area contributed by atoms with Gasteiger partial charge in [0, 0.05) is 32.7 Å². The summed E-state index contributed by atoms with van der Waals surface area (Å²) in [6.45, 7) is 1.40. The van der Waals surface area contributed by atoms with E-state index in [4.69, 9.17) is 32.7 Å². The van der Waals surface area contributed by atoms with E-state index in [2.05, 4.69) is 0 Å². The molecule has 0 unspecified atom stereocenters. The Balaban J connectivity index is 0.896. The predicted octanol–water partition coefficient (Wildman–Crippen LogP) is 12.8. The minimum absolute atomic E-state index is 0.0484. The molecule has 0 amide bonds. The second kappa shape index (κ2) is 24.8. The molecular formula is C44H48Cl2O4S2. The molecule has 4 rings (SSSR count). The lowest BCUT2D eigenvalue weighted by molar-refractivity contribution is 0.103. The number of ketones is 2. The third-order valence-electron chi connectivity index (χ3n) is 8.19. The zero-order valence-electron chi connectivity index (χ0n) is 29.7. The number of thioether (sulfide) groups is 2.